The first kappa shape index (κ1) is 18.7. The van der Waals surface area contributed by atoms with Crippen molar-refractivity contribution in [2.75, 3.05) is 0 Å². The maximum absolute atomic E-state index is 7.25. The third-order valence-corrected chi connectivity index (χ3v) is 15.4. The molecule has 1 unspecified atom stereocenters. The second kappa shape index (κ2) is 7.08. The fourth-order valence-corrected chi connectivity index (χ4v) is 15.2. The van der Waals surface area contributed by atoms with Crippen LogP contribution in [0.15, 0.2) is 72.3 Å². The SMILES string of the molecule is CCC(CC1=CC=CC1)[C]1([Zr]([CH3])([Cl])[Cl])c2ccccc2-c2ccccc21. The van der Waals surface area contributed by atoms with Gasteiger partial charge in [-0.05, 0) is 0 Å². The second-order valence-corrected chi connectivity index (χ2v) is 23.9. The molecule has 2 aromatic rings. The van der Waals surface area contributed by atoms with Gasteiger partial charge in [0.15, 0.2) is 0 Å². The van der Waals surface area contributed by atoms with E-state index in [-0.39, 0.29) is 3.12 Å². The van der Waals surface area contributed by atoms with E-state index in [4.69, 9.17) is 17.0 Å². The van der Waals surface area contributed by atoms with E-state index in [1.807, 2.05) is 0 Å². The number of benzene rings is 2. The van der Waals surface area contributed by atoms with Crippen LogP contribution < -0.4 is 0 Å². The molecule has 0 fully saturated rings. The first-order valence-electron chi connectivity index (χ1n) is 9.42. The van der Waals surface area contributed by atoms with Gasteiger partial charge in [-0.1, -0.05) is 0 Å². The molecule has 0 nitrogen and oxygen atoms in total. The Bertz CT molecular complexity index is 844. The quantitative estimate of drug-likeness (QED) is 0.427. The van der Waals surface area contributed by atoms with Crippen LogP contribution in [0, 0.1) is 5.92 Å². The Morgan fingerprint density at radius 1 is 1.00 bits per heavy atom. The summed E-state index contributed by atoms with van der Waals surface area (Å²) in [5, 5.41) is 0. The molecule has 0 amide bonds. The molecule has 1 atom stereocenters. The van der Waals surface area contributed by atoms with Crippen LogP contribution in [0.3, 0.4) is 0 Å². The van der Waals surface area contributed by atoms with Gasteiger partial charge in [-0.3, -0.25) is 0 Å². The minimum absolute atomic E-state index is 0.205. The standard InChI is InChI=1S/C22H21.CH3.2ClH.Zr/c1-2-17(15-16-9-3-4-10-16)22-20-13-7-5-11-18(20)19-12-6-8-14-21(19)22;;;;/h3-9,11-14,17H,2,10,15H2,1H3;1H3;2*1H;/q;;;;+2/p-2. The van der Waals surface area contributed by atoms with E-state index in [1.54, 1.807) is 0 Å². The first-order chi connectivity index (χ1) is 12.5. The number of rotatable bonds is 5. The molecule has 3 heteroatoms. The summed E-state index contributed by atoms with van der Waals surface area (Å²) >= 11 is -3.52. The Morgan fingerprint density at radius 2 is 1.58 bits per heavy atom. The van der Waals surface area contributed by atoms with Crippen LogP contribution in [-0.4, -0.2) is 0 Å². The molecular weight excluding hydrogens is 438 g/mol. The molecule has 134 valence electrons. The fraction of sp³-hybridized carbons (Fsp3) is 0.304. The predicted molar refractivity (Wildman–Crippen MR) is 110 cm³/mol. The first-order valence-corrected chi connectivity index (χ1v) is 19.4. The molecule has 0 saturated carbocycles. The van der Waals surface area contributed by atoms with Gasteiger partial charge in [0.2, 0.25) is 0 Å². The molecule has 0 bridgehead atoms. The summed E-state index contributed by atoms with van der Waals surface area (Å²) in [6.45, 7) is 2.30. The van der Waals surface area contributed by atoms with Crippen molar-refractivity contribution in [1.29, 1.82) is 0 Å². The molecule has 2 aliphatic carbocycles. The molecule has 4 rings (SSSR count). The van der Waals surface area contributed by atoms with Crippen LogP contribution in [0.2, 0.25) is 4.63 Å². The molecular formula is C23H24Cl2Zr. The fourth-order valence-electron chi connectivity index (χ4n) is 5.10. The number of halogens is 2. The van der Waals surface area contributed by atoms with Crippen molar-refractivity contribution in [3.05, 3.63) is 83.5 Å². The van der Waals surface area contributed by atoms with E-state index < -0.39 is 17.9 Å². The second-order valence-electron chi connectivity index (χ2n) is 7.55. The molecule has 0 aromatic heterocycles. The number of allylic oxidation sites excluding steroid dienone is 4. The molecule has 0 spiro atoms. The van der Waals surface area contributed by atoms with Gasteiger partial charge >= 0.3 is 169 Å². The van der Waals surface area contributed by atoms with Crippen LogP contribution >= 0.6 is 17.0 Å². The van der Waals surface area contributed by atoms with E-state index in [0.29, 0.717) is 5.92 Å². The van der Waals surface area contributed by atoms with E-state index in [9.17, 15) is 0 Å². The van der Waals surface area contributed by atoms with Gasteiger partial charge in [0, 0.05) is 0 Å². The zero-order valence-corrected chi connectivity index (χ0v) is 19.3. The van der Waals surface area contributed by atoms with E-state index in [0.717, 1.165) is 19.3 Å². The molecule has 2 aliphatic rings. The third kappa shape index (κ3) is 2.74. The van der Waals surface area contributed by atoms with Crippen LogP contribution in [0.25, 0.3) is 11.1 Å². The summed E-state index contributed by atoms with van der Waals surface area (Å²) < 4.78 is 1.98. The third-order valence-electron chi connectivity index (χ3n) is 6.15. The minimum atomic E-state index is -3.52. The van der Waals surface area contributed by atoms with Gasteiger partial charge in [0.1, 0.15) is 0 Å². The summed E-state index contributed by atoms with van der Waals surface area (Å²) in [5.41, 5.74) is 6.88. The van der Waals surface area contributed by atoms with Crippen LogP contribution in [0.4, 0.5) is 0 Å². The van der Waals surface area contributed by atoms with Gasteiger partial charge in [-0.25, -0.2) is 0 Å². The zero-order chi connectivity index (χ0) is 18.4. The van der Waals surface area contributed by atoms with Crippen molar-refractivity contribution in [3.63, 3.8) is 0 Å². The average Bonchev–Trinajstić information content (AvgIpc) is 3.24. The van der Waals surface area contributed by atoms with E-state index >= 15 is 0 Å². The molecule has 2 aromatic carbocycles. The Labute approximate surface area is 168 Å². The maximum atomic E-state index is 7.25. The average molecular weight is 463 g/mol. The summed E-state index contributed by atoms with van der Waals surface area (Å²) in [6, 6.07) is 17.6. The zero-order valence-electron chi connectivity index (χ0n) is 15.3. The Balaban J connectivity index is 1.98. The van der Waals surface area contributed by atoms with Crippen molar-refractivity contribution in [2.24, 2.45) is 5.92 Å². The van der Waals surface area contributed by atoms with Crippen LogP contribution in [-0.2, 0) is 21.0 Å². The molecule has 0 radical (unpaired) electrons. The van der Waals surface area contributed by atoms with Crippen LogP contribution in [0.5, 0.6) is 0 Å². The molecule has 26 heavy (non-hydrogen) atoms. The van der Waals surface area contributed by atoms with Gasteiger partial charge in [-0.2, -0.15) is 0 Å². The molecule has 0 aliphatic heterocycles. The predicted octanol–water partition coefficient (Wildman–Crippen LogP) is 7.72. The monoisotopic (exact) mass is 460 g/mol. The van der Waals surface area contributed by atoms with Gasteiger partial charge in [0.05, 0.1) is 0 Å². The summed E-state index contributed by atoms with van der Waals surface area (Å²) in [5.74, 6) is 0.425. The summed E-state index contributed by atoms with van der Waals surface area (Å²) in [4.78, 5) is 0. The van der Waals surface area contributed by atoms with Gasteiger partial charge < -0.3 is 0 Å². The van der Waals surface area contributed by atoms with Gasteiger partial charge in [0.25, 0.3) is 0 Å². The summed E-state index contributed by atoms with van der Waals surface area (Å²) in [6.07, 6.45) is 9.90. The van der Waals surface area contributed by atoms with Crippen molar-refractivity contribution in [2.45, 2.75) is 33.9 Å². The number of fused-ring (bicyclic) bond motifs is 3. The number of hydrogen-bond acceptors (Lipinski definition) is 0. The van der Waals surface area contributed by atoms with Crippen molar-refractivity contribution in [1.82, 2.24) is 0 Å². The Morgan fingerprint density at radius 3 is 2.04 bits per heavy atom. The Hall–Kier alpha value is -0.617. The summed E-state index contributed by atoms with van der Waals surface area (Å²) in [7, 11) is 14.5. The molecule has 0 saturated heterocycles. The molecule has 0 N–H and O–H groups in total. The van der Waals surface area contributed by atoms with Crippen molar-refractivity contribution in [3.8, 4) is 11.1 Å². The topological polar surface area (TPSA) is 0 Å². The van der Waals surface area contributed by atoms with Gasteiger partial charge in [-0.15, -0.1) is 0 Å². The van der Waals surface area contributed by atoms with Crippen molar-refractivity contribution < 1.29 is 17.9 Å². The number of hydrogen-bond donors (Lipinski definition) is 0. The molecule has 0 heterocycles. The van der Waals surface area contributed by atoms with Crippen LogP contribution in [0.1, 0.15) is 37.3 Å². The van der Waals surface area contributed by atoms with E-state index in [2.05, 4.69) is 78.3 Å². The van der Waals surface area contributed by atoms with Crippen molar-refractivity contribution >= 4 is 17.0 Å². The Kier molecular flexibility index (Phi) is 5.10. The van der Waals surface area contributed by atoms with E-state index in [1.165, 1.54) is 27.8 Å². The normalized spacial score (nSPS) is 18.4.